The number of anilines is 1. The summed E-state index contributed by atoms with van der Waals surface area (Å²) < 4.78 is 26.6. The fraction of sp³-hybridized carbons (Fsp3) is 0.231. The van der Waals surface area contributed by atoms with Crippen molar-refractivity contribution in [1.29, 1.82) is 0 Å². The van der Waals surface area contributed by atoms with Gasteiger partial charge in [0.25, 0.3) is 0 Å². The van der Waals surface area contributed by atoms with Crippen LogP contribution < -0.4 is 29.6 Å². The van der Waals surface area contributed by atoms with Gasteiger partial charge in [-0.2, -0.15) is 0 Å². The number of nitrogens with one attached hydrogen (secondary N) is 2. The highest BCUT2D eigenvalue weighted by atomic mass is 16.7. The number of rotatable bonds is 7. The van der Waals surface area contributed by atoms with Crippen molar-refractivity contribution in [1.82, 2.24) is 5.32 Å². The number of carbonyl (C=O) groups is 2. The van der Waals surface area contributed by atoms with E-state index < -0.39 is 12.0 Å². The Hall–Kier alpha value is -4.40. The minimum Gasteiger partial charge on any atom is -0.465 e. The van der Waals surface area contributed by atoms with Crippen LogP contribution in [0.3, 0.4) is 0 Å². The molecule has 3 aromatic rings. The molecule has 0 bridgehead atoms. The van der Waals surface area contributed by atoms with E-state index in [0.29, 0.717) is 41.5 Å². The van der Waals surface area contributed by atoms with E-state index in [1.807, 2.05) is 36.4 Å². The van der Waals surface area contributed by atoms with Crippen LogP contribution in [0.1, 0.15) is 21.5 Å². The molecule has 3 aromatic carbocycles. The average Bonchev–Trinajstić information content (AvgIpc) is 3.52. The Bertz CT molecular complexity index is 1200. The molecule has 0 spiro atoms. The highest BCUT2D eigenvalue weighted by molar-refractivity contribution is 6.00. The first-order valence-corrected chi connectivity index (χ1v) is 11.1. The number of urea groups is 1. The highest BCUT2D eigenvalue weighted by Gasteiger charge is 2.21. The third-order valence-electron chi connectivity index (χ3n) is 5.75. The molecule has 0 saturated carbocycles. The van der Waals surface area contributed by atoms with Crippen molar-refractivity contribution in [3.63, 3.8) is 0 Å². The second-order valence-corrected chi connectivity index (χ2v) is 8.12. The maximum Gasteiger partial charge on any atom is 0.339 e. The van der Waals surface area contributed by atoms with E-state index in [1.54, 1.807) is 24.3 Å². The van der Waals surface area contributed by atoms with Gasteiger partial charge in [0.05, 0.1) is 18.4 Å². The Labute approximate surface area is 201 Å². The zero-order chi connectivity index (χ0) is 24.2. The van der Waals surface area contributed by atoms with Crippen molar-refractivity contribution in [2.75, 3.05) is 26.0 Å². The van der Waals surface area contributed by atoms with Crippen LogP contribution in [0.4, 0.5) is 10.5 Å². The fourth-order valence-corrected chi connectivity index (χ4v) is 4.10. The van der Waals surface area contributed by atoms with E-state index in [2.05, 4.69) is 10.6 Å². The smallest absolute Gasteiger partial charge is 0.339 e. The molecule has 0 saturated heterocycles. The minimum absolute atomic E-state index is 0.194. The summed E-state index contributed by atoms with van der Waals surface area (Å²) >= 11 is 0. The van der Waals surface area contributed by atoms with Crippen molar-refractivity contribution in [2.24, 2.45) is 0 Å². The van der Waals surface area contributed by atoms with Crippen LogP contribution in [0.5, 0.6) is 23.0 Å². The van der Waals surface area contributed by atoms with Gasteiger partial charge in [-0.1, -0.05) is 24.3 Å². The summed E-state index contributed by atoms with van der Waals surface area (Å²) in [5.41, 5.74) is 2.60. The van der Waals surface area contributed by atoms with Gasteiger partial charge >= 0.3 is 12.0 Å². The first-order chi connectivity index (χ1) is 17.1. The lowest BCUT2D eigenvalue weighted by Gasteiger charge is -2.20. The zero-order valence-electron chi connectivity index (χ0n) is 19.0. The van der Waals surface area contributed by atoms with Gasteiger partial charge in [-0.05, 0) is 60.4 Å². The van der Waals surface area contributed by atoms with Crippen molar-refractivity contribution in [3.8, 4) is 23.0 Å². The van der Waals surface area contributed by atoms with Crippen LogP contribution >= 0.6 is 0 Å². The Kier molecular flexibility index (Phi) is 6.30. The standard InChI is InChI=1S/C26H24N2O7/c1-31-25(29)19-4-2-3-5-20(19)28-26(30)27-18(10-16-6-8-21-23(12-16)34-14-32-21)11-17-7-9-22-24(13-17)35-15-33-22/h2-9,12-13,18H,10-11,14-15H2,1H3,(H2,27,28,30). The van der Waals surface area contributed by atoms with Crippen LogP contribution in [0, 0.1) is 0 Å². The van der Waals surface area contributed by atoms with E-state index in [4.69, 9.17) is 23.7 Å². The molecule has 2 aliphatic heterocycles. The summed E-state index contributed by atoms with van der Waals surface area (Å²) in [6, 6.07) is 17.4. The predicted molar refractivity (Wildman–Crippen MR) is 126 cm³/mol. The van der Waals surface area contributed by atoms with Gasteiger partial charge in [-0.3, -0.25) is 0 Å². The summed E-state index contributed by atoms with van der Waals surface area (Å²) in [5.74, 6) is 2.23. The number of methoxy groups -OCH3 is 1. The van der Waals surface area contributed by atoms with Gasteiger partial charge in [0.15, 0.2) is 23.0 Å². The number of amides is 2. The molecule has 9 heteroatoms. The first-order valence-electron chi connectivity index (χ1n) is 11.1. The number of fused-ring (bicyclic) bond motifs is 2. The van der Waals surface area contributed by atoms with E-state index in [-0.39, 0.29) is 25.2 Å². The molecule has 2 aliphatic rings. The highest BCUT2D eigenvalue weighted by Crippen LogP contribution is 2.34. The topological polar surface area (TPSA) is 104 Å². The molecule has 0 fully saturated rings. The van der Waals surface area contributed by atoms with Gasteiger partial charge in [0.1, 0.15) is 0 Å². The van der Waals surface area contributed by atoms with Gasteiger partial charge in [0, 0.05) is 6.04 Å². The number of hydrogen-bond donors (Lipinski definition) is 2. The Morgan fingerprint density at radius 3 is 2.00 bits per heavy atom. The summed E-state index contributed by atoms with van der Waals surface area (Å²) in [4.78, 5) is 25.0. The van der Waals surface area contributed by atoms with Crippen LogP contribution in [-0.4, -0.2) is 38.7 Å². The van der Waals surface area contributed by atoms with Gasteiger partial charge < -0.3 is 34.3 Å². The fourth-order valence-electron chi connectivity index (χ4n) is 4.10. The number of esters is 1. The van der Waals surface area contributed by atoms with Crippen LogP contribution in [0.25, 0.3) is 0 Å². The largest absolute Gasteiger partial charge is 0.465 e. The molecule has 9 nitrogen and oxygen atoms in total. The van der Waals surface area contributed by atoms with Crippen molar-refractivity contribution < 1.29 is 33.3 Å². The lowest BCUT2D eigenvalue weighted by Crippen LogP contribution is -2.41. The second kappa shape index (κ2) is 9.84. The van der Waals surface area contributed by atoms with E-state index in [1.165, 1.54) is 7.11 Å². The van der Waals surface area contributed by atoms with Crippen LogP contribution in [-0.2, 0) is 17.6 Å². The van der Waals surface area contributed by atoms with Gasteiger partial charge in [-0.25, -0.2) is 9.59 Å². The SMILES string of the molecule is COC(=O)c1ccccc1NC(=O)NC(Cc1ccc2c(c1)OCO2)Cc1ccc2c(c1)OCO2. The Morgan fingerprint density at radius 2 is 1.40 bits per heavy atom. The van der Waals surface area contributed by atoms with Gasteiger partial charge in [-0.15, -0.1) is 0 Å². The molecule has 2 amide bonds. The molecule has 0 unspecified atom stereocenters. The molecule has 0 radical (unpaired) electrons. The van der Waals surface area contributed by atoms with Gasteiger partial charge in [0.2, 0.25) is 13.6 Å². The Morgan fingerprint density at radius 1 is 0.829 bits per heavy atom. The number of ether oxygens (including phenoxy) is 5. The normalized spacial score (nSPS) is 13.0. The number of carbonyl (C=O) groups excluding carboxylic acids is 2. The van der Waals surface area contributed by atoms with Crippen molar-refractivity contribution in [2.45, 2.75) is 18.9 Å². The first kappa shape index (κ1) is 22.4. The maximum absolute atomic E-state index is 13.0. The summed E-state index contributed by atoms with van der Waals surface area (Å²) in [6.07, 6.45) is 1.08. The quantitative estimate of drug-likeness (QED) is 0.498. The number of para-hydroxylation sites is 1. The molecule has 5 rings (SSSR count). The average molecular weight is 476 g/mol. The monoisotopic (exact) mass is 476 g/mol. The summed E-state index contributed by atoms with van der Waals surface area (Å²) in [5, 5.41) is 5.81. The predicted octanol–water partition coefficient (Wildman–Crippen LogP) is 3.91. The van der Waals surface area contributed by atoms with Crippen molar-refractivity contribution >= 4 is 17.7 Å². The van der Waals surface area contributed by atoms with Crippen LogP contribution in [0.2, 0.25) is 0 Å². The third kappa shape index (κ3) is 5.08. The Balaban J connectivity index is 1.34. The molecule has 35 heavy (non-hydrogen) atoms. The molecular weight excluding hydrogens is 452 g/mol. The van der Waals surface area contributed by atoms with E-state index in [0.717, 1.165) is 11.1 Å². The number of benzene rings is 3. The molecule has 0 atom stereocenters. The molecule has 2 N–H and O–H groups in total. The molecule has 2 heterocycles. The lowest BCUT2D eigenvalue weighted by atomic mass is 9.98. The number of hydrogen-bond acceptors (Lipinski definition) is 7. The lowest BCUT2D eigenvalue weighted by molar-refractivity contribution is 0.0602. The summed E-state index contributed by atoms with van der Waals surface area (Å²) in [6.45, 7) is 0.388. The molecule has 0 aromatic heterocycles. The second-order valence-electron chi connectivity index (χ2n) is 8.12. The maximum atomic E-state index is 13.0. The van der Waals surface area contributed by atoms with E-state index in [9.17, 15) is 9.59 Å². The molecular formula is C26H24N2O7. The van der Waals surface area contributed by atoms with Crippen molar-refractivity contribution in [3.05, 3.63) is 77.4 Å². The minimum atomic E-state index is -0.529. The third-order valence-corrected chi connectivity index (χ3v) is 5.75. The van der Waals surface area contributed by atoms with E-state index >= 15 is 0 Å². The summed E-state index contributed by atoms with van der Waals surface area (Å²) in [7, 11) is 1.30. The molecule has 0 aliphatic carbocycles. The van der Waals surface area contributed by atoms with Crippen LogP contribution in [0.15, 0.2) is 60.7 Å². The zero-order valence-corrected chi connectivity index (χ0v) is 19.0. The molecule has 180 valence electrons.